The molecule has 3 heteroatoms. The Morgan fingerprint density at radius 2 is 2.18 bits per heavy atom. The molecule has 1 aliphatic heterocycles. The van der Waals surface area contributed by atoms with Crippen LogP contribution in [0, 0.1) is 0 Å². The van der Waals surface area contributed by atoms with E-state index in [1.807, 2.05) is 18.2 Å². The van der Waals surface area contributed by atoms with E-state index in [0.717, 1.165) is 34.3 Å². The number of hydrogen-bond acceptors (Lipinski definition) is 3. The Morgan fingerprint density at radius 1 is 1.35 bits per heavy atom. The van der Waals surface area contributed by atoms with Crippen molar-refractivity contribution in [2.24, 2.45) is 5.73 Å². The van der Waals surface area contributed by atoms with Crippen molar-refractivity contribution in [1.82, 2.24) is 0 Å². The van der Waals surface area contributed by atoms with Crippen LogP contribution < -0.4 is 15.2 Å². The van der Waals surface area contributed by atoms with Gasteiger partial charge in [0.25, 0.3) is 0 Å². The molecule has 0 aliphatic carbocycles. The largest absolute Gasteiger partial charge is 0.492 e. The smallest absolute Gasteiger partial charge is 0.168 e. The summed E-state index contributed by atoms with van der Waals surface area (Å²) in [7, 11) is 1.67. The molecule has 0 aromatic heterocycles. The zero-order chi connectivity index (χ0) is 11.8. The zero-order valence-electron chi connectivity index (χ0n) is 9.77. The van der Waals surface area contributed by atoms with Gasteiger partial charge in [-0.2, -0.15) is 0 Å². The molecular weight excluding hydrogens is 214 g/mol. The molecule has 3 rings (SSSR count). The van der Waals surface area contributed by atoms with E-state index in [0.29, 0.717) is 6.61 Å². The van der Waals surface area contributed by atoms with Gasteiger partial charge in [-0.3, -0.25) is 0 Å². The minimum Gasteiger partial charge on any atom is -0.492 e. The summed E-state index contributed by atoms with van der Waals surface area (Å²) in [4.78, 5) is 0. The summed E-state index contributed by atoms with van der Waals surface area (Å²) in [5.74, 6) is 1.61. The average Bonchev–Trinajstić information content (AvgIpc) is 2.37. The first kappa shape index (κ1) is 10.4. The number of methoxy groups -OCH3 is 1. The van der Waals surface area contributed by atoms with Crippen molar-refractivity contribution in [2.75, 3.05) is 13.7 Å². The summed E-state index contributed by atoms with van der Waals surface area (Å²) in [6.07, 6.45) is 0.856. The van der Waals surface area contributed by atoms with E-state index >= 15 is 0 Å². The molecule has 0 saturated heterocycles. The first-order valence-corrected chi connectivity index (χ1v) is 5.79. The number of hydrogen-bond donors (Lipinski definition) is 1. The van der Waals surface area contributed by atoms with Crippen LogP contribution >= 0.6 is 0 Å². The van der Waals surface area contributed by atoms with E-state index in [9.17, 15) is 0 Å². The van der Waals surface area contributed by atoms with E-state index in [1.54, 1.807) is 7.11 Å². The van der Waals surface area contributed by atoms with Crippen molar-refractivity contribution in [3.8, 4) is 11.5 Å². The fourth-order valence-electron chi connectivity index (χ4n) is 2.39. The van der Waals surface area contributed by atoms with Crippen LogP contribution in [0.15, 0.2) is 30.3 Å². The van der Waals surface area contributed by atoms with Crippen molar-refractivity contribution in [2.45, 2.75) is 12.5 Å². The molecule has 1 atom stereocenters. The molecule has 0 amide bonds. The van der Waals surface area contributed by atoms with E-state index in [2.05, 4.69) is 12.1 Å². The first-order chi connectivity index (χ1) is 8.31. The molecule has 1 aliphatic rings. The molecule has 1 heterocycles. The molecule has 2 N–H and O–H groups in total. The maximum absolute atomic E-state index is 6.13. The van der Waals surface area contributed by atoms with E-state index in [-0.39, 0.29) is 6.04 Å². The Morgan fingerprint density at radius 3 is 3.00 bits per heavy atom. The summed E-state index contributed by atoms with van der Waals surface area (Å²) in [5, 5.41) is 2.21. The lowest BCUT2D eigenvalue weighted by Crippen LogP contribution is -2.21. The number of ether oxygens (including phenoxy) is 2. The van der Waals surface area contributed by atoms with Crippen molar-refractivity contribution < 1.29 is 9.47 Å². The van der Waals surface area contributed by atoms with Crippen LogP contribution in [0.4, 0.5) is 0 Å². The summed E-state index contributed by atoms with van der Waals surface area (Å²) >= 11 is 0. The van der Waals surface area contributed by atoms with Crippen molar-refractivity contribution in [1.29, 1.82) is 0 Å². The Labute approximate surface area is 100 Å². The lowest BCUT2D eigenvalue weighted by atomic mass is 9.96. The van der Waals surface area contributed by atoms with Gasteiger partial charge in [-0.05, 0) is 11.5 Å². The molecule has 2 aromatic carbocycles. The highest BCUT2D eigenvalue weighted by molar-refractivity contribution is 5.92. The van der Waals surface area contributed by atoms with Gasteiger partial charge in [-0.25, -0.2) is 0 Å². The number of benzene rings is 2. The van der Waals surface area contributed by atoms with E-state index in [1.165, 1.54) is 0 Å². The zero-order valence-corrected chi connectivity index (χ0v) is 9.77. The van der Waals surface area contributed by atoms with Crippen LogP contribution in [0.5, 0.6) is 11.5 Å². The van der Waals surface area contributed by atoms with Crippen LogP contribution in [-0.4, -0.2) is 13.7 Å². The standard InChI is InChI=1S/C14H15NO2/c1-16-13-10-5-3-2-4-9(10)8-11-12(15)6-7-17-14(11)13/h2-5,8,12H,6-7,15H2,1H3/t12-/m1/s1. The predicted molar refractivity (Wildman–Crippen MR) is 67.5 cm³/mol. The molecule has 2 aromatic rings. The molecule has 0 fully saturated rings. The minimum atomic E-state index is 0.0391. The van der Waals surface area contributed by atoms with Crippen molar-refractivity contribution in [3.63, 3.8) is 0 Å². The molecule has 17 heavy (non-hydrogen) atoms. The van der Waals surface area contributed by atoms with Gasteiger partial charge in [0.15, 0.2) is 11.5 Å². The van der Waals surface area contributed by atoms with Gasteiger partial charge in [0.2, 0.25) is 0 Å². The van der Waals surface area contributed by atoms with Gasteiger partial charge < -0.3 is 15.2 Å². The molecule has 0 saturated carbocycles. The second-order valence-corrected chi connectivity index (χ2v) is 4.29. The number of rotatable bonds is 1. The third kappa shape index (κ3) is 1.54. The highest BCUT2D eigenvalue weighted by atomic mass is 16.5. The second kappa shape index (κ2) is 3.93. The molecule has 88 valence electrons. The molecular formula is C14H15NO2. The molecule has 0 spiro atoms. The molecule has 0 unspecified atom stereocenters. The second-order valence-electron chi connectivity index (χ2n) is 4.29. The van der Waals surface area contributed by atoms with Crippen LogP contribution in [-0.2, 0) is 0 Å². The Bertz CT molecular complexity index is 565. The van der Waals surface area contributed by atoms with Gasteiger partial charge >= 0.3 is 0 Å². The van der Waals surface area contributed by atoms with E-state index in [4.69, 9.17) is 15.2 Å². The fraction of sp³-hybridized carbons (Fsp3) is 0.286. The highest BCUT2D eigenvalue weighted by Gasteiger charge is 2.23. The van der Waals surface area contributed by atoms with Crippen LogP contribution in [0.2, 0.25) is 0 Å². The third-order valence-corrected chi connectivity index (χ3v) is 3.26. The monoisotopic (exact) mass is 229 g/mol. The minimum absolute atomic E-state index is 0.0391. The topological polar surface area (TPSA) is 44.5 Å². The SMILES string of the molecule is COc1c2c(cc3ccccc13)[C@H](N)CCO2. The lowest BCUT2D eigenvalue weighted by molar-refractivity contribution is 0.254. The third-order valence-electron chi connectivity index (χ3n) is 3.26. The Balaban J connectivity index is 2.36. The van der Waals surface area contributed by atoms with Crippen LogP contribution in [0.1, 0.15) is 18.0 Å². The van der Waals surface area contributed by atoms with Gasteiger partial charge in [-0.1, -0.05) is 24.3 Å². The molecule has 0 radical (unpaired) electrons. The van der Waals surface area contributed by atoms with E-state index < -0.39 is 0 Å². The van der Waals surface area contributed by atoms with Crippen molar-refractivity contribution >= 4 is 10.8 Å². The molecule has 0 bridgehead atoms. The summed E-state index contributed by atoms with van der Waals surface area (Å²) in [5.41, 5.74) is 7.17. The van der Waals surface area contributed by atoms with Gasteiger partial charge in [0.05, 0.1) is 13.7 Å². The summed E-state index contributed by atoms with van der Waals surface area (Å²) in [6, 6.07) is 10.3. The van der Waals surface area contributed by atoms with Crippen molar-refractivity contribution in [3.05, 3.63) is 35.9 Å². The van der Waals surface area contributed by atoms with Gasteiger partial charge in [0, 0.05) is 23.4 Å². The van der Waals surface area contributed by atoms with Gasteiger partial charge in [-0.15, -0.1) is 0 Å². The normalized spacial score (nSPS) is 18.6. The summed E-state index contributed by atoms with van der Waals surface area (Å²) in [6.45, 7) is 0.656. The maximum atomic E-state index is 6.13. The maximum Gasteiger partial charge on any atom is 0.168 e. The average molecular weight is 229 g/mol. The lowest BCUT2D eigenvalue weighted by Gasteiger charge is -2.25. The quantitative estimate of drug-likeness (QED) is 0.817. The highest BCUT2D eigenvalue weighted by Crippen LogP contribution is 2.43. The molecule has 3 nitrogen and oxygen atoms in total. The predicted octanol–water partition coefficient (Wildman–Crippen LogP) is 2.63. The van der Waals surface area contributed by atoms with Crippen LogP contribution in [0.3, 0.4) is 0 Å². The Hall–Kier alpha value is -1.74. The number of nitrogens with two attached hydrogens (primary N) is 1. The Kier molecular flexibility index (Phi) is 2.41. The summed E-state index contributed by atoms with van der Waals surface area (Å²) < 4.78 is 11.2. The fourth-order valence-corrected chi connectivity index (χ4v) is 2.39. The van der Waals surface area contributed by atoms with Crippen LogP contribution in [0.25, 0.3) is 10.8 Å². The first-order valence-electron chi connectivity index (χ1n) is 5.79. The number of fused-ring (bicyclic) bond motifs is 2. The van der Waals surface area contributed by atoms with Gasteiger partial charge in [0.1, 0.15) is 0 Å².